The van der Waals surface area contributed by atoms with Gasteiger partial charge in [-0.25, -0.2) is 8.42 Å². The molecule has 9 heteroatoms. The SMILES string of the molecule is Cc1ccc(CN(C(=O)CN(c2cc(Cl)ccc2C)S(=O)(=O)c2ccccc2)[C@H](C)C(=O)NC(C)C)cc1. The van der Waals surface area contributed by atoms with Crippen molar-refractivity contribution in [2.75, 3.05) is 10.8 Å². The smallest absolute Gasteiger partial charge is 0.264 e. The lowest BCUT2D eigenvalue weighted by Gasteiger charge is -2.32. The molecule has 1 N–H and O–H groups in total. The van der Waals surface area contributed by atoms with Gasteiger partial charge in [-0.05, 0) is 70.0 Å². The summed E-state index contributed by atoms with van der Waals surface area (Å²) in [5.74, 6) is -0.840. The number of halogens is 1. The Hall–Kier alpha value is -3.36. The van der Waals surface area contributed by atoms with E-state index in [1.807, 2.05) is 45.0 Å². The molecule has 3 rings (SSSR count). The highest BCUT2D eigenvalue weighted by molar-refractivity contribution is 7.92. The van der Waals surface area contributed by atoms with Gasteiger partial charge < -0.3 is 10.2 Å². The van der Waals surface area contributed by atoms with Crippen molar-refractivity contribution in [1.29, 1.82) is 0 Å². The Labute approximate surface area is 230 Å². The number of nitrogens with one attached hydrogen (secondary N) is 1. The molecule has 0 radical (unpaired) electrons. The molecule has 1 atom stereocenters. The van der Waals surface area contributed by atoms with Gasteiger partial charge in [-0.1, -0.05) is 65.7 Å². The minimum Gasteiger partial charge on any atom is -0.352 e. The highest BCUT2D eigenvalue weighted by Crippen LogP contribution is 2.30. The third-order valence-electron chi connectivity index (χ3n) is 6.12. The maximum atomic E-state index is 13.9. The second-order valence-electron chi connectivity index (χ2n) is 9.60. The van der Waals surface area contributed by atoms with Crippen LogP contribution in [0.3, 0.4) is 0 Å². The average molecular weight is 556 g/mol. The number of sulfonamides is 1. The monoisotopic (exact) mass is 555 g/mol. The van der Waals surface area contributed by atoms with Crippen LogP contribution in [0, 0.1) is 13.8 Å². The molecule has 7 nitrogen and oxygen atoms in total. The van der Waals surface area contributed by atoms with Crippen LogP contribution < -0.4 is 9.62 Å². The maximum Gasteiger partial charge on any atom is 0.264 e. The van der Waals surface area contributed by atoms with Gasteiger partial charge in [-0.3, -0.25) is 13.9 Å². The summed E-state index contributed by atoms with van der Waals surface area (Å²) in [4.78, 5) is 28.3. The molecule has 0 spiro atoms. The Balaban J connectivity index is 2.06. The van der Waals surface area contributed by atoms with Gasteiger partial charge in [0.05, 0.1) is 10.6 Å². The summed E-state index contributed by atoms with van der Waals surface area (Å²) in [6.45, 7) is 8.67. The Kier molecular flexibility index (Phi) is 9.57. The van der Waals surface area contributed by atoms with Crippen LogP contribution >= 0.6 is 11.6 Å². The molecule has 0 aromatic heterocycles. The van der Waals surface area contributed by atoms with Crippen LogP contribution in [0.25, 0.3) is 0 Å². The standard InChI is InChI=1S/C29H34ClN3O4S/c1-20(2)31-29(35)23(5)32(18-24-14-11-21(3)12-15-24)28(34)19-33(27-17-25(30)16-13-22(27)4)38(36,37)26-9-7-6-8-10-26/h6-17,20,23H,18-19H2,1-5H3,(H,31,35)/t23-/m1/s1. The molecule has 0 unspecified atom stereocenters. The molecule has 0 aliphatic rings. The van der Waals surface area contributed by atoms with E-state index in [0.717, 1.165) is 15.4 Å². The van der Waals surface area contributed by atoms with Crippen molar-refractivity contribution in [2.45, 2.75) is 58.1 Å². The Bertz CT molecular complexity index is 1380. The fraction of sp³-hybridized carbons (Fsp3) is 0.310. The number of nitrogens with zero attached hydrogens (tertiary/aromatic N) is 2. The lowest BCUT2D eigenvalue weighted by atomic mass is 10.1. The van der Waals surface area contributed by atoms with Crippen LogP contribution in [0.5, 0.6) is 0 Å². The number of carbonyl (C=O) groups is 2. The molecule has 0 aliphatic carbocycles. The predicted octanol–water partition coefficient (Wildman–Crippen LogP) is 5.09. The molecule has 202 valence electrons. The summed E-state index contributed by atoms with van der Waals surface area (Å²) < 4.78 is 28.7. The molecular weight excluding hydrogens is 522 g/mol. The van der Waals surface area contributed by atoms with Crippen LogP contribution in [-0.4, -0.2) is 43.8 Å². The van der Waals surface area contributed by atoms with Crippen molar-refractivity contribution in [3.05, 3.63) is 94.5 Å². The third-order valence-corrected chi connectivity index (χ3v) is 8.13. The number of rotatable bonds is 10. The van der Waals surface area contributed by atoms with Crippen molar-refractivity contribution < 1.29 is 18.0 Å². The lowest BCUT2D eigenvalue weighted by molar-refractivity contribution is -0.139. The van der Waals surface area contributed by atoms with Crippen LogP contribution in [0.15, 0.2) is 77.7 Å². The number of hydrogen-bond donors (Lipinski definition) is 1. The molecule has 3 aromatic carbocycles. The van der Waals surface area contributed by atoms with Crippen molar-refractivity contribution >= 4 is 39.1 Å². The molecule has 0 fully saturated rings. The van der Waals surface area contributed by atoms with Gasteiger partial charge in [0.2, 0.25) is 11.8 Å². The van der Waals surface area contributed by atoms with Crippen LogP contribution in [0.2, 0.25) is 5.02 Å². The molecular formula is C29H34ClN3O4S. The van der Waals surface area contributed by atoms with E-state index in [4.69, 9.17) is 11.6 Å². The largest absolute Gasteiger partial charge is 0.352 e. The number of aryl methyl sites for hydroxylation is 2. The van der Waals surface area contributed by atoms with Gasteiger partial charge in [-0.15, -0.1) is 0 Å². The zero-order valence-electron chi connectivity index (χ0n) is 22.3. The quantitative estimate of drug-likeness (QED) is 0.377. The van der Waals surface area contributed by atoms with E-state index in [0.29, 0.717) is 16.3 Å². The molecule has 0 aliphatic heterocycles. The molecule has 2 amide bonds. The van der Waals surface area contributed by atoms with Crippen molar-refractivity contribution in [2.24, 2.45) is 0 Å². The average Bonchev–Trinajstić information content (AvgIpc) is 2.88. The second-order valence-corrected chi connectivity index (χ2v) is 11.9. The number of benzene rings is 3. The summed E-state index contributed by atoms with van der Waals surface area (Å²) in [5, 5.41) is 3.19. The van der Waals surface area contributed by atoms with Gasteiger partial charge in [-0.2, -0.15) is 0 Å². The van der Waals surface area contributed by atoms with Gasteiger partial charge in [0.1, 0.15) is 12.6 Å². The summed E-state index contributed by atoms with van der Waals surface area (Å²) in [7, 11) is -4.14. The van der Waals surface area contributed by atoms with Gasteiger partial charge in [0.15, 0.2) is 0 Å². The second kappa shape index (κ2) is 12.5. The summed E-state index contributed by atoms with van der Waals surface area (Å²) >= 11 is 6.25. The van der Waals surface area contributed by atoms with E-state index in [1.54, 1.807) is 44.2 Å². The summed E-state index contributed by atoms with van der Waals surface area (Å²) in [5.41, 5.74) is 2.82. The topological polar surface area (TPSA) is 86.8 Å². The first-order valence-corrected chi connectivity index (χ1v) is 14.2. The van der Waals surface area contributed by atoms with E-state index >= 15 is 0 Å². The highest BCUT2D eigenvalue weighted by atomic mass is 35.5. The zero-order chi connectivity index (χ0) is 28.0. The van der Waals surface area contributed by atoms with Crippen molar-refractivity contribution in [3.8, 4) is 0 Å². The Morgan fingerprint density at radius 2 is 1.55 bits per heavy atom. The van der Waals surface area contributed by atoms with E-state index in [9.17, 15) is 18.0 Å². The first kappa shape index (κ1) is 29.2. The highest BCUT2D eigenvalue weighted by Gasteiger charge is 2.33. The maximum absolute atomic E-state index is 13.9. The van der Waals surface area contributed by atoms with Gasteiger partial charge in [0, 0.05) is 17.6 Å². The normalized spacial score (nSPS) is 12.2. The molecule has 0 saturated heterocycles. The lowest BCUT2D eigenvalue weighted by Crippen LogP contribution is -2.52. The first-order chi connectivity index (χ1) is 17.9. The van der Waals surface area contributed by atoms with Crippen molar-refractivity contribution in [1.82, 2.24) is 10.2 Å². The number of anilines is 1. The summed E-state index contributed by atoms with van der Waals surface area (Å²) in [6.07, 6.45) is 0. The van der Waals surface area contributed by atoms with Crippen LogP contribution in [0.4, 0.5) is 5.69 Å². The number of hydrogen-bond acceptors (Lipinski definition) is 4. The fourth-order valence-electron chi connectivity index (χ4n) is 3.96. The van der Waals surface area contributed by atoms with E-state index in [2.05, 4.69) is 5.32 Å². The minimum absolute atomic E-state index is 0.0443. The zero-order valence-corrected chi connectivity index (χ0v) is 23.9. The number of carbonyl (C=O) groups excluding carboxylic acids is 2. The van der Waals surface area contributed by atoms with Crippen LogP contribution in [-0.2, 0) is 26.2 Å². The summed E-state index contributed by atoms with van der Waals surface area (Å²) in [6, 6.07) is 19.5. The van der Waals surface area contributed by atoms with Gasteiger partial charge in [0.25, 0.3) is 10.0 Å². The van der Waals surface area contributed by atoms with E-state index in [1.165, 1.54) is 23.1 Å². The molecule has 3 aromatic rings. The first-order valence-electron chi connectivity index (χ1n) is 12.4. The number of amides is 2. The molecule has 0 bridgehead atoms. The van der Waals surface area contributed by atoms with Crippen molar-refractivity contribution in [3.63, 3.8) is 0 Å². The molecule has 0 saturated carbocycles. The molecule has 38 heavy (non-hydrogen) atoms. The third kappa shape index (κ3) is 7.14. The predicted molar refractivity (Wildman–Crippen MR) is 152 cm³/mol. The minimum atomic E-state index is -4.14. The van der Waals surface area contributed by atoms with Gasteiger partial charge >= 0.3 is 0 Å². The fourth-order valence-corrected chi connectivity index (χ4v) is 5.62. The Morgan fingerprint density at radius 1 is 0.921 bits per heavy atom. The van der Waals surface area contributed by atoms with E-state index in [-0.39, 0.29) is 23.4 Å². The van der Waals surface area contributed by atoms with Crippen LogP contribution in [0.1, 0.15) is 37.5 Å². The Morgan fingerprint density at radius 3 is 2.16 bits per heavy atom. The molecule has 0 heterocycles. The van der Waals surface area contributed by atoms with E-state index < -0.39 is 28.5 Å².